The quantitative estimate of drug-likeness (QED) is 0.881. The highest BCUT2D eigenvalue weighted by molar-refractivity contribution is 5.38. The molecule has 0 heterocycles. The molecule has 1 aromatic carbocycles. The summed E-state index contributed by atoms with van der Waals surface area (Å²) in [6.45, 7) is 10.0. The fourth-order valence-electron chi connectivity index (χ4n) is 2.00. The van der Waals surface area contributed by atoms with E-state index in [0.717, 1.165) is 11.3 Å². The Kier molecular flexibility index (Phi) is 4.97. The first-order valence-electron chi connectivity index (χ1n) is 6.72. The van der Waals surface area contributed by atoms with Gasteiger partial charge in [0.1, 0.15) is 11.3 Å². The molecule has 0 spiro atoms. The van der Waals surface area contributed by atoms with Crippen molar-refractivity contribution in [3.8, 4) is 11.8 Å². The van der Waals surface area contributed by atoms with E-state index in [1.807, 2.05) is 13.8 Å². The van der Waals surface area contributed by atoms with Crippen LogP contribution in [0.15, 0.2) is 18.2 Å². The van der Waals surface area contributed by atoms with Crippen LogP contribution < -0.4 is 10.5 Å². The van der Waals surface area contributed by atoms with E-state index in [4.69, 9.17) is 15.7 Å². The summed E-state index contributed by atoms with van der Waals surface area (Å²) >= 11 is 0. The van der Waals surface area contributed by atoms with Crippen LogP contribution in [0.4, 0.5) is 0 Å². The number of aryl methyl sites for hydroxylation is 1. The lowest BCUT2D eigenvalue weighted by atomic mass is 9.98. The lowest BCUT2D eigenvalue weighted by Gasteiger charge is -2.23. The van der Waals surface area contributed by atoms with Crippen LogP contribution in [0.5, 0.6) is 5.75 Å². The second-order valence-electron chi connectivity index (χ2n) is 5.84. The molecule has 0 radical (unpaired) electrons. The predicted octanol–water partition coefficient (Wildman–Crippen LogP) is 3.52. The first kappa shape index (κ1) is 15.5. The van der Waals surface area contributed by atoms with Gasteiger partial charge in [0, 0.05) is 6.42 Å². The van der Waals surface area contributed by atoms with Crippen LogP contribution in [0.3, 0.4) is 0 Å². The zero-order chi connectivity index (χ0) is 14.6. The average molecular weight is 260 g/mol. The summed E-state index contributed by atoms with van der Waals surface area (Å²) in [6.07, 6.45) is 0.422. The van der Waals surface area contributed by atoms with Crippen LogP contribution >= 0.6 is 0 Å². The fourth-order valence-corrected chi connectivity index (χ4v) is 2.00. The lowest BCUT2D eigenvalue weighted by Crippen LogP contribution is -2.38. The Hall–Kier alpha value is -1.53. The molecule has 0 aliphatic heterocycles. The minimum absolute atomic E-state index is 0.0873. The van der Waals surface area contributed by atoms with Gasteiger partial charge < -0.3 is 10.5 Å². The molecule has 1 rings (SSSR count). The summed E-state index contributed by atoms with van der Waals surface area (Å²) in [6, 6.07) is 8.38. The van der Waals surface area contributed by atoms with Gasteiger partial charge in [0.2, 0.25) is 0 Å². The number of hydrogen-bond donors (Lipinski definition) is 1. The molecular formula is C16H24N2O. The zero-order valence-corrected chi connectivity index (χ0v) is 12.5. The molecule has 19 heavy (non-hydrogen) atoms. The highest BCUT2D eigenvalue weighted by atomic mass is 16.5. The number of rotatable bonds is 5. The van der Waals surface area contributed by atoms with Gasteiger partial charge >= 0.3 is 0 Å². The Bertz CT molecular complexity index is 472. The standard InChI is InChI=1S/C16H24N2O/c1-11(2)14-7-6-12(3)15(8-14)19-13(4)9-16(5,18)10-17/h6-8,11,13H,9,18H2,1-5H3. The van der Waals surface area contributed by atoms with Crippen LogP contribution in [0.25, 0.3) is 0 Å². The molecule has 0 fully saturated rings. The van der Waals surface area contributed by atoms with E-state index in [9.17, 15) is 0 Å². The van der Waals surface area contributed by atoms with E-state index >= 15 is 0 Å². The first-order chi connectivity index (χ1) is 8.75. The molecule has 0 aliphatic carbocycles. The summed E-state index contributed by atoms with van der Waals surface area (Å²) in [7, 11) is 0. The maximum Gasteiger partial charge on any atom is 0.122 e. The molecule has 0 aromatic heterocycles. The van der Waals surface area contributed by atoms with Gasteiger partial charge in [0.05, 0.1) is 12.2 Å². The van der Waals surface area contributed by atoms with E-state index in [0.29, 0.717) is 12.3 Å². The topological polar surface area (TPSA) is 59.0 Å². The van der Waals surface area contributed by atoms with E-state index in [2.05, 4.69) is 38.1 Å². The molecule has 1 aromatic rings. The van der Waals surface area contributed by atoms with Gasteiger partial charge in [-0.15, -0.1) is 0 Å². The normalized spacial score (nSPS) is 15.7. The third-order valence-electron chi connectivity index (χ3n) is 3.17. The Morgan fingerprint density at radius 3 is 2.53 bits per heavy atom. The van der Waals surface area contributed by atoms with Gasteiger partial charge in [-0.1, -0.05) is 26.0 Å². The van der Waals surface area contributed by atoms with Crippen LogP contribution in [-0.2, 0) is 0 Å². The number of nitrogens with zero attached hydrogens (tertiary/aromatic N) is 1. The molecular weight excluding hydrogens is 236 g/mol. The maximum absolute atomic E-state index is 8.95. The minimum Gasteiger partial charge on any atom is -0.490 e. The smallest absolute Gasteiger partial charge is 0.122 e. The summed E-state index contributed by atoms with van der Waals surface area (Å²) in [5, 5.41) is 8.95. The SMILES string of the molecule is Cc1ccc(C(C)C)cc1OC(C)CC(C)(N)C#N. The summed E-state index contributed by atoms with van der Waals surface area (Å²) < 4.78 is 5.94. The van der Waals surface area contributed by atoms with Crippen molar-refractivity contribution in [3.05, 3.63) is 29.3 Å². The molecule has 2 unspecified atom stereocenters. The first-order valence-corrected chi connectivity index (χ1v) is 6.72. The monoisotopic (exact) mass is 260 g/mol. The van der Waals surface area contributed by atoms with Crippen molar-refractivity contribution >= 4 is 0 Å². The van der Waals surface area contributed by atoms with E-state index in [1.165, 1.54) is 5.56 Å². The molecule has 0 amide bonds. The molecule has 3 nitrogen and oxygen atoms in total. The second kappa shape index (κ2) is 6.08. The van der Waals surface area contributed by atoms with Gasteiger partial charge in [-0.25, -0.2) is 0 Å². The summed E-state index contributed by atoms with van der Waals surface area (Å²) in [5.41, 5.74) is 7.36. The Labute approximate surface area is 116 Å². The van der Waals surface area contributed by atoms with Crippen molar-refractivity contribution in [2.75, 3.05) is 0 Å². The molecule has 2 N–H and O–H groups in total. The van der Waals surface area contributed by atoms with Crippen LogP contribution in [0, 0.1) is 18.3 Å². The largest absolute Gasteiger partial charge is 0.490 e. The van der Waals surface area contributed by atoms with Crippen LogP contribution in [0.2, 0.25) is 0 Å². The Balaban J connectivity index is 2.82. The number of nitriles is 1. The van der Waals surface area contributed by atoms with Gasteiger partial charge in [0.25, 0.3) is 0 Å². The Morgan fingerprint density at radius 1 is 1.37 bits per heavy atom. The lowest BCUT2D eigenvalue weighted by molar-refractivity contribution is 0.190. The third-order valence-corrected chi connectivity index (χ3v) is 3.17. The van der Waals surface area contributed by atoms with Gasteiger partial charge in [-0.3, -0.25) is 0 Å². The number of benzene rings is 1. The molecule has 0 aliphatic rings. The predicted molar refractivity (Wildman–Crippen MR) is 78.2 cm³/mol. The summed E-state index contributed by atoms with van der Waals surface area (Å²) in [4.78, 5) is 0. The van der Waals surface area contributed by atoms with Gasteiger partial charge in [-0.05, 0) is 43.9 Å². The highest BCUT2D eigenvalue weighted by Crippen LogP contribution is 2.26. The van der Waals surface area contributed by atoms with E-state index in [1.54, 1.807) is 6.92 Å². The number of ether oxygens (including phenoxy) is 1. The highest BCUT2D eigenvalue weighted by Gasteiger charge is 2.22. The fraction of sp³-hybridized carbons (Fsp3) is 0.562. The van der Waals surface area contributed by atoms with Crippen LogP contribution in [-0.4, -0.2) is 11.6 Å². The zero-order valence-electron chi connectivity index (χ0n) is 12.5. The van der Waals surface area contributed by atoms with E-state index < -0.39 is 5.54 Å². The summed E-state index contributed by atoms with van der Waals surface area (Å²) in [5.74, 6) is 1.35. The second-order valence-corrected chi connectivity index (χ2v) is 5.84. The minimum atomic E-state index is -0.844. The van der Waals surface area contributed by atoms with Gasteiger partial charge in [0.15, 0.2) is 0 Å². The van der Waals surface area contributed by atoms with Gasteiger partial charge in [-0.2, -0.15) is 5.26 Å². The molecule has 0 saturated heterocycles. The number of hydrogen-bond acceptors (Lipinski definition) is 3. The average Bonchev–Trinajstić information content (AvgIpc) is 2.31. The van der Waals surface area contributed by atoms with Crippen molar-refractivity contribution in [2.24, 2.45) is 5.73 Å². The van der Waals surface area contributed by atoms with Crippen molar-refractivity contribution in [3.63, 3.8) is 0 Å². The number of nitrogens with two attached hydrogens (primary N) is 1. The van der Waals surface area contributed by atoms with E-state index in [-0.39, 0.29) is 6.10 Å². The molecule has 3 heteroatoms. The van der Waals surface area contributed by atoms with Crippen molar-refractivity contribution in [2.45, 2.75) is 58.6 Å². The molecule has 0 saturated carbocycles. The third kappa shape index (κ3) is 4.57. The van der Waals surface area contributed by atoms with Crippen LogP contribution in [0.1, 0.15) is 51.2 Å². The molecule has 2 atom stereocenters. The molecule has 104 valence electrons. The Morgan fingerprint density at radius 2 is 2.00 bits per heavy atom. The van der Waals surface area contributed by atoms with Crippen molar-refractivity contribution in [1.29, 1.82) is 5.26 Å². The maximum atomic E-state index is 8.95. The van der Waals surface area contributed by atoms with Crippen molar-refractivity contribution in [1.82, 2.24) is 0 Å². The molecule has 0 bridgehead atoms. The van der Waals surface area contributed by atoms with Crippen molar-refractivity contribution < 1.29 is 4.74 Å².